The Morgan fingerprint density at radius 2 is 1.96 bits per heavy atom. The maximum absolute atomic E-state index is 13.3. The number of nitrogens with zero attached hydrogens (tertiary/aromatic N) is 2. The predicted molar refractivity (Wildman–Crippen MR) is 80.0 cm³/mol. The molecule has 0 radical (unpaired) electrons. The van der Waals surface area contributed by atoms with E-state index in [9.17, 15) is 17.6 Å². The van der Waals surface area contributed by atoms with Crippen molar-refractivity contribution in [3.8, 4) is 11.3 Å². The molecule has 0 aliphatic heterocycles. The van der Waals surface area contributed by atoms with Crippen LogP contribution in [-0.4, -0.2) is 9.97 Å². The smallest absolute Gasteiger partial charge is 0.332 e. The van der Waals surface area contributed by atoms with Gasteiger partial charge in [-0.3, -0.25) is 4.98 Å². The molecule has 118 valence electrons. The summed E-state index contributed by atoms with van der Waals surface area (Å²) < 4.78 is 51.4. The van der Waals surface area contributed by atoms with Crippen LogP contribution in [0.2, 0.25) is 0 Å². The third kappa shape index (κ3) is 3.48. The van der Waals surface area contributed by atoms with Gasteiger partial charge in [0.2, 0.25) is 0 Å². The first-order valence-corrected chi connectivity index (χ1v) is 7.31. The lowest BCUT2D eigenvalue weighted by atomic mass is 10.2. The largest absolute Gasteiger partial charge is 0.419 e. The number of hydrogen-bond acceptors (Lipinski definition) is 4. The molecule has 0 aliphatic carbocycles. The molecule has 0 bridgehead atoms. The van der Waals surface area contributed by atoms with E-state index < -0.39 is 17.6 Å². The van der Waals surface area contributed by atoms with Crippen molar-refractivity contribution in [1.29, 1.82) is 0 Å². The Morgan fingerprint density at radius 1 is 1.13 bits per heavy atom. The molecule has 3 rings (SSSR count). The van der Waals surface area contributed by atoms with Gasteiger partial charge in [0.15, 0.2) is 5.13 Å². The van der Waals surface area contributed by atoms with Crippen molar-refractivity contribution in [2.24, 2.45) is 0 Å². The number of hydrogen-bond donors (Lipinski definition) is 1. The number of alkyl halides is 3. The Morgan fingerprint density at radius 3 is 2.65 bits per heavy atom. The van der Waals surface area contributed by atoms with Crippen LogP contribution in [0.4, 0.5) is 28.4 Å². The maximum atomic E-state index is 13.3. The minimum atomic E-state index is -4.74. The Labute approximate surface area is 132 Å². The minimum absolute atomic E-state index is 0.116. The van der Waals surface area contributed by atoms with Crippen LogP contribution in [0.5, 0.6) is 0 Å². The van der Waals surface area contributed by atoms with E-state index in [4.69, 9.17) is 0 Å². The molecule has 3 aromatic rings. The lowest BCUT2D eigenvalue weighted by molar-refractivity contribution is -0.139. The van der Waals surface area contributed by atoms with Crippen molar-refractivity contribution in [2.45, 2.75) is 6.18 Å². The van der Waals surface area contributed by atoms with Gasteiger partial charge >= 0.3 is 6.18 Å². The summed E-state index contributed by atoms with van der Waals surface area (Å²) >= 11 is 1.23. The number of anilines is 2. The zero-order chi connectivity index (χ0) is 16.4. The fraction of sp³-hybridized carbons (Fsp3) is 0.0667. The Kier molecular flexibility index (Phi) is 3.99. The standard InChI is InChI=1S/C15H9F4N3S/c16-12-4-3-10(6-11(12)15(17,18)19)21-14-22-13(8-23-14)9-2-1-5-20-7-9/h1-8H,(H,21,22). The van der Waals surface area contributed by atoms with Gasteiger partial charge in [-0.2, -0.15) is 13.2 Å². The van der Waals surface area contributed by atoms with Gasteiger partial charge < -0.3 is 5.32 Å². The van der Waals surface area contributed by atoms with Gasteiger partial charge in [0.1, 0.15) is 5.82 Å². The van der Waals surface area contributed by atoms with Crippen molar-refractivity contribution in [3.05, 3.63) is 59.5 Å². The van der Waals surface area contributed by atoms with Crippen LogP contribution in [0.25, 0.3) is 11.3 Å². The van der Waals surface area contributed by atoms with Crippen LogP contribution >= 0.6 is 11.3 Å². The van der Waals surface area contributed by atoms with Gasteiger partial charge in [0, 0.05) is 29.0 Å². The van der Waals surface area contributed by atoms with E-state index in [0.29, 0.717) is 10.8 Å². The monoisotopic (exact) mass is 339 g/mol. The third-order valence-electron chi connectivity index (χ3n) is 2.98. The van der Waals surface area contributed by atoms with Crippen LogP contribution in [-0.2, 0) is 6.18 Å². The fourth-order valence-corrected chi connectivity index (χ4v) is 2.66. The minimum Gasteiger partial charge on any atom is -0.332 e. The summed E-state index contributed by atoms with van der Waals surface area (Å²) in [6, 6.07) is 6.32. The number of aromatic nitrogens is 2. The highest BCUT2D eigenvalue weighted by Gasteiger charge is 2.34. The van der Waals surface area contributed by atoms with Gasteiger partial charge in [-0.05, 0) is 30.3 Å². The molecule has 8 heteroatoms. The Balaban J connectivity index is 1.85. The molecule has 0 spiro atoms. The molecular formula is C15H9F4N3S. The van der Waals surface area contributed by atoms with Crippen LogP contribution in [0.1, 0.15) is 5.56 Å². The Bertz CT molecular complexity index is 815. The second-order valence-electron chi connectivity index (χ2n) is 4.60. The van der Waals surface area contributed by atoms with Crippen LogP contribution in [0.3, 0.4) is 0 Å². The number of halogens is 4. The van der Waals surface area contributed by atoms with Gasteiger partial charge in [0.05, 0.1) is 11.3 Å². The number of benzene rings is 1. The van der Waals surface area contributed by atoms with Crippen molar-refractivity contribution in [2.75, 3.05) is 5.32 Å². The van der Waals surface area contributed by atoms with Gasteiger partial charge in [-0.25, -0.2) is 9.37 Å². The lowest BCUT2D eigenvalue weighted by Crippen LogP contribution is -2.08. The van der Waals surface area contributed by atoms with Crippen molar-refractivity contribution < 1.29 is 17.6 Å². The molecule has 0 saturated heterocycles. The molecule has 0 aliphatic rings. The van der Waals surface area contributed by atoms with Crippen molar-refractivity contribution in [3.63, 3.8) is 0 Å². The maximum Gasteiger partial charge on any atom is 0.419 e. The molecule has 2 aromatic heterocycles. The van der Waals surface area contributed by atoms with E-state index >= 15 is 0 Å². The molecule has 0 atom stereocenters. The summed E-state index contributed by atoms with van der Waals surface area (Å²) in [7, 11) is 0. The van der Waals surface area contributed by atoms with Crippen LogP contribution in [0.15, 0.2) is 48.1 Å². The number of thiazole rings is 1. The zero-order valence-corrected chi connectivity index (χ0v) is 12.2. The van der Waals surface area contributed by atoms with E-state index in [0.717, 1.165) is 17.7 Å². The molecule has 0 unspecified atom stereocenters. The second kappa shape index (κ2) is 5.96. The van der Waals surface area contributed by atoms with Crippen molar-refractivity contribution >= 4 is 22.2 Å². The summed E-state index contributed by atoms with van der Waals surface area (Å²) in [6.07, 6.45) is -1.48. The first-order valence-electron chi connectivity index (χ1n) is 6.43. The van der Waals surface area contributed by atoms with Crippen LogP contribution < -0.4 is 5.32 Å². The van der Waals surface area contributed by atoms with E-state index in [2.05, 4.69) is 15.3 Å². The molecule has 0 saturated carbocycles. The molecule has 1 aromatic carbocycles. The SMILES string of the molecule is Fc1ccc(Nc2nc(-c3cccnc3)cs2)cc1C(F)(F)F. The quantitative estimate of drug-likeness (QED) is 0.674. The number of pyridine rings is 1. The zero-order valence-electron chi connectivity index (χ0n) is 11.4. The summed E-state index contributed by atoms with van der Waals surface area (Å²) in [5, 5.41) is 4.92. The highest BCUT2D eigenvalue weighted by molar-refractivity contribution is 7.14. The molecule has 2 heterocycles. The normalized spacial score (nSPS) is 11.5. The molecule has 0 fully saturated rings. The molecule has 23 heavy (non-hydrogen) atoms. The molecule has 1 N–H and O–H groups in total. The summed E-state index contributed by atoms with van der Waals surface area (Å²) in [4.78, 5) is 8.26. The first-order chi connectivity index (χ1) is 10.9. The summed E-state index contributed by atoms with van der Waals surface area (Å²) in [5.74, 6) is -1.31. The summed E-state index contributed by atoms with van der Waals surface area (Å²) in [5.41, 5.74) is 0.257. The second-order valence-corrected chi connectivity index (χ2v) is 5.46. The first kappa shape index (κ1) is 15.4. The fourth-order valence-electron chi connectivity index (χ4n) is 1.92. The van der Waals surface area contributed by atoms with E-state index in [-0.39, 0.29) is 5.69 Å². The Hall–Kier alpha value is -2.48. The van der Waals surface area contributed by atoms with E-state index in [1.165, 1.54) is 17.4 Å². The third-order valence-corrected chi connectivity index (χ3v) is 3.74. The average Bonchev–Trinajstić information content (AvgIpc) is 2.97. The van der Waals surface area contributed by atoms with Gasteiger partial charge in [0.25, 0.3) is 0 Å². The number of nitrogens with one attached hydrogen (secondary N) is 1. The van der Waals surface area contributed by atoms with E-state index in [1.807, 2.05) is 6.07 Å². The van der Waals surface area contributed by atoms with Crippen LogP contribution in [0, 0.1) is 5.82 Å². The number of rotatable bonds is 3. The highest BCUT2D eigenvalue weighted by atomic mass is 32.1. The molecule has 3 nitrogen and oxygen atoms in total. The van der Waals surface area contributed by atoms with Crippen molar-refractivity contribution in [1.82, 2.24) is 9.97 Å². The van der Waals surface area contributed by atoms with E-state index in [1.54, 1.807) is 23.8 Å². The summed E-state index contributed by atoms with van der Waals surface area (Å²) in [6.45, 7) is 0. The van der Waals surface area contributed by atoms with Gasteiger partial charge in [-0.15, -0.1) is 11.3 Å². The molecule has 0 amide bonds. The predicted octanol–water partition coefficient (Wildman–Crippen LogP) is 5.11. The van der Waals surface area contributed by atoms with Gasteiger partial charge in [-0.1, -0.05) is 0 Å². The molecular weight excluding hydrogens is 330 g/mol. The average molecular weight is 339 g/mol. The highest BCUT2D eigenvalue weighted by Crippen LogP contribution is 2.34. The lowest BCUT2D eigenvalue weighted by Gasteiger charge is -2.10. The topological polar surface area (TPSA) is 37.8 Å².